The Balaban J connectivity index is 3.37. The SMILES string of the molecule is [C-]#[N+]CC(=O)NCCCN(CC)CC. The van der Waals surface area contributed by atoms with E-state index in [-0.39, 0.29) is 12.5 Å². The highest BCUT2D eigenvalue weighted by Crippen LogP contribution is 1.89. The predicted molar refractivity (Wildman–Crippen MR) is 56.9 cm³/mol. The summed E-state index contributed by atoms with van der Waals surface area (Å²) in [6.07, 6.45) is 0.950. The second-order valence-electron chi connectivity index (χ2n) is 3.05. The zero-order chi connectivity index (χ0) is 10.8. The van der Waals surface area contributed by atoms with E-state index in [2.05, 4.69) is 28.9 Å². The van der Waals surface area contributed by atoms with Gasteiger partial charge in [0.15, 0.2) is 0 Å². The van der Waals surface area contributed by atoms with Gasteiger partial charge in [0.05, 0.1) is 0 Å². The first-order valence-corrected chi connectivity index (χ1v) is 5.06. The summed E-state index contributed by atoms with van der Waals surface area (Å²) in [6, 6.07) is 0. The van der Waals surface area contributed by atoms with Crippen LogP contribution >= 0.6 is 0 Å². The summed E-state index contributed by atoms with van der Waals surface area (Å²) >= 11 is 0. The Morgan fingerprint density at radius 3 is 2.57 bits per heavy atom. The normalized spacial score (nSPS) is 9.86. The number of hydrogen-bond acceptors (Lipinski definition) is 2. The number of hydrogen-bond donors (Lipinski definition) is 1. The third-order valence-electron chi connectivity index (χ3n) is 2.09. The second kappa shape index (κ2) is 8.52. The minimum Gasteiger partial charge on any atom is -0.350 e. The molecule has 0 spiro atoms. The van der Waals surface area contributed by atoms with Crippen LogP contribution in [0.5, 0.6) is 0 Å². The molecule has 0 aliphatic carbocycles. The first-order chi connectivity index (χ1) is 6.74. The number of rotatable bonds is 7. The van der Waals surface area contributed by atoms with E-state index in [0.717, 1.165) is 26.1 Å². The Bertz CT molecular complexity index is 194. The van der Waals surface area contributed by atoms with Crippen molar-refractivity contribution < 1.29 is 4.79 Å². The van der Waals surface area contributed by atoms with Crippen molar-refractivity contribution in [2.75, 3.05) is 32.7 Å². The van der Waals surface area contributed by atoms with Gasteiger partial charge in [0.25, 0.3) is 12.5 Å². The molecule has 0 aromatic rings. The molecule has 0 radical (unpaired) electrons. The van der Waals surface area contributed by atoms with E-state index in [1.807, 2.05) is 0 Å². The Kier molecular flexibility index (Phi) is 7.86. The Morgan fingerprint density at radius 1 is 1.43 bits per heavy atom. The molecule has 1 amide bonds. The standard InChI is InChI=1S/C10H19N3O/c1-4-13(5-2)8-6-7-12-10(14)9-11-3/h4-9H2,1-2H3,(H,12,14). The summed E-state index contributed by atoms with van der Waals surface area (Å²) in [7, 11) is 0. The number of amides is 1. The molecule has 1 N–H and O–H groups in total. The fourth-order valence-corrected chi connectivity index (χ4v) is 1.20. The molecule has 0 aromatic carbocycles. The van der Waals surface area contributed by atoms with Crippen LogP contribution in [0.1, 0.15) is 20.3 Å². The molecule has 0 fully saturated rings. The summed E-state index contributed by atoms with van der Waals surface area (Å²) in [4.78, 5) is 16.2. The summed E-state index contributed by atoms with van der Waals surface area (Å²) in [5.74, 6) is -0.167. The Morgan fingerprint density at radius 2 is 2.07 bits per heavy atom. The van der Waals surface area contributed by atoms with E-state index in [1.54, 1.807) is 0 Å². The van der Waals surface area contributed by atoms with Crippen LogP contribution in [0.15, 0.2) is 0 Å². The predicted octanol–water partition coefficient (Wildman–Crippen LogP) is 0.754. The van der Waals surface area contributed by atoms with E-state index >= 15 is 0 Å². The third-order valence-corrected chi connectivity index (χ3v) is 2.09. The van der Waals surface area contributed by atoms with Crippen molar-refractivity contribution in [2.24, 2.45) is 0 Å². The molecule has 0 aliphatic heterocycles. The quantitative estimate of drug-likeness (QED) is 0.483. The molecule has 0 heterocycles. The minimum atomic E-state index is -0.167. The number of nitrogens with one attached hydrogen (secondary N) is 1. The molecule has 4 nitrogen and oxygen atoms in total. The topological polar surface area (TPSA) is 36.7 Å². The lowest BCUT2D eigenvalue weighted by Gasteiger charge is -2.17. The van der Waals surface area contributed by atoms with Crippen LogP contribution in [0.25, 0.3) is 4.85 Å². The van der Waals surface area contributed by atoms with Gasteiger partial charge in [-0.2, -0.15) is 0 Å². The number of carbonyl (C=O) groups excluding carboxylic acids is 1. The van der Waals surface area contributed by atoms with Crippen LogP contribution < -0.4 is 5.32 Å². The zero-order valence-electron chi connectivity index (χ0n) is 9.05. The van der Waals surface area contributed by atoms with Gasteiger partial charge in [-0.3, -0.25) is 4.79 Å². The summed E-state index contributed by atoms with van der Waals surface area (Å²) in [6.45, 7) is 14.5. The molecule has 0 saturated carbocycles. The summed E-state index contributed by atoms with van der Waals surface area (Å²) in [5, 5.41) is 2.71. The largest absolute Gasteiger partial charge is 0.350 e. The Labute approximate surface area is 86.1 Å². The van der Waals surface area contributed by atoms with Crippen LogP contribution in [0.2, 0.25) is 0 Å². The van der Waals surface area contributed by atoms with E-state index in [0.29, 0.717) is 6.54 Å². The van der Waals surface area contributed by atoms with Crippen LogP contribution in [-0.2, 0) is 4.79 Å². The highest BCUT2D eigenvalue weighted by Gasteiger charge is 2.02. The molecule has 0 aromatic heterocycles. The molecule has 0 rings (SSSR count). The third kappa shape index (κ3) is 6.44. The van der Waals surface area contributed by atoms with Gasteiger partial charge in [-0.15, -0.1) is 0 Å². The molecular weight excluding hydrogens is 178 g/mol. The lowest BCUT2D eigenvalue weighted by atomic mass is 10.3. The van der Waals surface area contributed by atoms with Crippen molar-refractivity contribution in [3.63, 3.8) is 0 Å². The van der Waals surface area contributed by atoms with Crippen LogP contribution in [0.4, 0.5) is 0 Å². The number of carbonyl (C=O) groups is 1. The van der Waals surface area contributed by atoms with Gasteiger partial charge in [0.2, 0.25) is 0 Å². The average molecular weight is 197 g/mol. The minimum absolute atomic E-state index is 0.0503. The molecule has 0 aliphatic rings. The monoisotopic (exact) mass is 197 g/mol. The Hall–Kier alpha value is -1.08. The van der Waals surface area contributed by atoms with Gasteiger partial charge >= 0.3 is 0 Å². The maximum atomic E-state index is 10.9. The molecule has 80 valence electrons. The van der Waals surface area contributed by atoms with E-state index < -0.39 is 0 Å². The summed E-state index contributed by atoms with van der Waals surface area (Å²) < 4.78 is 0. The van der Waals surface area contributed by atoms with Crippen molar-refractivity contribution in [3.05, 3.63) is 11.4 Å². The van der Waals surface area contributed by atoms with Crippen molar-refractivity contribution >= 4 is 5.91 Å². The van der Waals surface area contributed by atoms with Gasteiger partial charge in [-0.05, 0) is 26.1 Å². The van der Waals surface area contributed by atoms with E-state index in [1.165, 1.54) is 0 Å². The van der Waals surface area contributed by atoms with Gasteiger partial charge in [0, 0.05) is 6.54 Å². The average Bonchev–Trinajstić information content (AvgIpc) is 2.19. The van der Waals surface area contributed by atoms with E-state index in [9.17, 15) is 4.79 Å². The van der Waals surface area contributed by atoms with Crippen molar-refractivity contribution in [2.45, 2.75) is 20.3 Å². The molecule has 0 bridgehead atoms. The van der Waals surface area contributed by atoms with Crippen molar-refractivity contribution in [3.8, 4) is 0 Å². The molecule has 0 unspecified atom stereocenters. The zero-order valence-corrected chi connectivity index (χ0v) is 9.05. The van der Waals surface area contributed by atoms with E-state index in [4.69, 9.17) is 6.57 Å². The number of nitrogens with zero attached hydrogens (tertiary/aromatic N) is 2. The van der Waals surface area contributed by atoms with Crippen LogP contribution in [0.3, 0.4) is 0 Å². The fourth-order valence-electron chi connectivity index (χ4n) is 1.20. The van der Waals surface area contributed by atoms with Gasteiger partial charge in [-0.25, -0.2) is 6.57 Å². The first kappa shape index (κ1) is 12.9. The van der Waals surface area contributed by atoms with Crippen LogP contribution in [-0.4, -0.2) is 43.5 Å². The lowest BCUT2D eigenvalue weighted by Crippen LogP contribution is -2.30. The van der Waals surface area contributed by atoms with Crippen LogP contribution in [0, 0.1) is 6.57 Å². The molecule has 0 saturated heterocycles. The van der Waals surface area contributed by atoms with Gasteiger partial charge < -0.3 is 15.1 Å². The maximum Gasteiger partial charge on any atom is 0.300 e. The smallest absolute Gasteiger partial charge is 0.300 e. The van der Waals surface area contributed by atoms with Crippen molar-refractivity contribution in [1.29, 1.82) is 0 Å². The van der Waals surface area contributed by atoms with Gasteiger partial charge in [0.1, 0.15) is 0 Å². The molecule has 14 heavy (non-hydrogen) atoms. The van der Waals surface area contributed by atoms with Gasteiger partial charge in [-0.1, -0.05) is 13.8 Å². The fraction of sp³-hybridized carbons (Fsp3) is 0.800. The first-order valence-electron chi connectivity index (χ1n) is 5.06. The second-order valence-corrected chi connectivity index (χ2v) is 3.05. The maximum absolute atomic E-state index is 10.9. The lowest BCUT2D eigenvalue weighted by molar-refractivity contribution is -0.119. The molecular formula is C10H19N3O. The summed E-state index contributed by atoms with van der Waals surface area (Å²) in [5.41, 5.74) is 0. The molecule has 4 heteroatoms. The van der Waals surface area contributed by atoms with Crippen molar-refractivity contribution in [1.82, 2.24) is 10.2 Å². The highest BCUT2D eigenvalue weighted by atomic mass is 16.1. The highest BCUT2D eigenvalue weighted by molar-refractivity contribution is 5.79. The molecule has 0 atom stereocenters.